The Kier molecular flexibility index (Phi) is 8.41. The van der Waals surface area contributed by atoms with Gasteiger partial charge in [0.2, 0.25) is 10.0 Å². The van der Waals surface area contributed by atoms with Crippen LogP contribution in [-0.4, -0.2) is 81.0 Å². The van der Waals surface area contributed by atoms with Gasteiger partial charge in [0.15, 0.2) is 5.13 Å². The number of likely N-dealkylation sites (N-methyl/N-ethyl adjacent to an activating group) is 1. The third-order valence-electron chi connectivity index (χ3n) is 6.53. The first-order valence-corrected chi connectivity index (χ1v) is 14.6. The zero-order chi connectivity index (χ0) is 25.9. The molecule has 0 aliphatic carbocycles. The number of hydrogen-bond donors (Lipinski definition) is 0. The number of anilines is 1. The molecule has 10 heteroatoms. The van der Waals surface area contributed by atoms with Gasteiger partial charge < -0.3 is 9.64 Å². The molecule has 4 rings (SSSR count). The van der Waals surface area contributed by atoms with E-state index in [1.165, 1.54) is 27.8 Å². The first-order chi connectivity index (χ1) is 17.2. The highest BCUT2D eigenvalue weighted by Gasteiger charge is 2.27. The second-order valence-electron chi connectivity index (χ2n) is 8.95. The summed E-state index contributed by atoms with van der Waals surface area (Å²) >= 11 is 1.52. The molecule has 2 aromatic carbocycles. The Bertz CT molecular complexity index is 1310. The molecule has 0 saturated carbocycles. The topological polar surface area (TPSA) is 83.1 Å². The van der Waals surface area contributed by atoms with Crippen LogP contribution in [-0.2, 0) is 14.8 Å². The van der Waals surface area contributed by atoms with Gasteiger partial charge in [-0.25, -0.2) is 13.4 Å². The first kappa shape index (κ1) is 26.7. The first-order valence-electron chi connectivity index (χ1n) is 12.3. The highest BCUT2D eigenvalue weighted by molar-refractivity contribution is 7.89. The van der Waals surface area contributed by atoms with Gasteiger partial charge in [0.05, 0.1) is 28.3 Å². The van der Waals surface area contributed by atoms with E-state index < -0.39 is 10.0 Å². The summed E-state index contributed by atoms with van der Waals surface area (Å²) in [6, 6.07) is 10.4. The molecular formula is C26H34N4O4S2. The SMILES string of the molecule is CCN(CC)CCN(C(=O)c1ccc(S(=O)(=O)N2CCOCC2)cc1)c1nc2cc(C)cc(C)c2s1. The number of nitrogens with zero attached hydrogens (tertiary/aromatic N) is 4. The molecule has 1 aliphatic rings. The molecule has 1 saturated heterocycles. The molecule has 1 fully saturated rings. The summed E-state index contributed by atoms with van der Waals surface area (Å²) in [4.78, 5) is 22.7. The molecule has 0 atom stereocenters. The van der Waals surface area contributed by atoms with Crippen molar-refractivity contribution in [1.82, 2.24) is 14.2 Å². The summed E-state index contributed by atoms with van der Waals surface area (Å²) in [5.41, 5.74) is 3.60. The molecule has 194 valence electrons. The molecular weight excluding hydrogens is 496 g/mol. The van der Waals surface area contributed by atoms with Crippen LogP contribution in [0.3, 0.4) is 0 Å². The fourth-order valence-corrected chi connectivity index (χ4v) is 6.85. The summed E-state index contributed by atoms with van der Waals surface area (Å²) in [6.07, 6.45) is 0. The van der Waals surface area contributed by atoms with Crippen molar-refractivity contribution in [2.24, 2.45) is 0 Å². The van der Waals surface area contributed by atoms with E-state index in [1.807, 2.05) is 13.0 Å². The Morgan fingerprint density at radius 1 is 1.06 bits per heavy atom. The molecule has 0 N–H and O–H groups in total. The Morgan fingerprint density at radius 2 is 1.72 bits per heavy atom. The van der Waals surface area contributed by atoms with Crippen molar-refractivity contribution in [2.45, 2.75) is 32.6 Å². The van der Waals surface area contributed by atoms with Crippen LogP contribution in [0.15, 0.2) is 41.3 Å². The summed E-state index contributed by atoms with van der Waals surface area (Å²) in [7, 11) is -3.62. The minimum absolute atomic E-state index is 0.182. The molecule has 0 bridgehead atoms. The van der Waals surface area contributed by atoms with Crippen LogP contribution in [0.1, 0.15) is 35.3 Å². The van der Waals surface area contributed by atoms with Gasteiger partial charge in [-0.15, -0.1) is 0 Å². The molecule has 1 aliphatic heterocycles. The van der Waals surface area contributed by atoms with Crippen molar-refractivity contribution >= 4 is 42.6 Å². The van der Waals surface area contributed by atoms with Gasteiger partial charge in [-0.1, -0.05) is 31.3 Å². The van der Waals surface area contributed by atoms with Gasteiger partial charge in [-0.05, 0) is 68.4 Å². The maximum atomic E-state index is 13.7. The second-order valence-corrected chi connectivity index (χ2v) is 11.9. The van der Waals surface area contributed by atoms with Crippen LogP contribution in [0.4, 0.5) is 5.13 Å². The lowest BCUT2D eigenvalue weighted by atomic mass is 10.1. The zero-order valence-corrected chi connectivity index (χ0v) is 23.0. The van der Waals surface area contributed by atoms with E-state index in [9.17, 15) is 13.2 Å². The van der Waals surface area contributed by atoms with Crippen molar-refractivity contribution in [2.75, 3.05) is 57.4 Å². The second kappa shape index (κ2) is 11.4. The minimum atomic E-state index is -3.62. The average molecular weight is 531 g/mol. The summed E-state index contributed by atoms with van der Waals surface area (Å²) in [5.74, 6) is -0.189. The Labute approximate surface area is 217 Å². The quantitative estimate of drug-likeness (QED) is 0.417. The molecule has 36 heavy (non-hydrogen) atoms. The predicted molar refractivity (Wildman–Crippen MR) is 145 cm³/mol. The fraction of sp³-hybridized carbons (Fsp3) is 0.462. The largest absolute Gasteiger partial charge is 0.379 e. The third kappa shape index (κ3) is 5.63. The minimum Gasteiger partial charge on any atom is -0.379 e. The molecule has 8 nitrogen and oxygen atoms in total. The van der Waals surface area contributed by atoms with Gasteiger partial charge in [-0.2, -0.15) is 4.31 Å². The molecule has 0 unspecified atom stereocenters. The smallest absolute Gasteiger partial charge is 0.260 e. The van der Waals surface area contributed by atoms with Crippen molar-refractivity contribution < 1.29 is 17.9 Å². The van der Waals surface area contributed by atoms with Gasteiger partial charge in [0.1, 0.15) is 0 Å². The molecule has 1 amide bonds. The van der Waals surface area contributed by atoms with Gasteiger partial charge in [0, 0.05) is 31.7 Å². The zero-order valence-electron chi connectivity index (χ0n) is 21.4. The molecule has 3 aromatic rings. The highest BCUT2D eigenvalue weighted by atomic mass is 32.2. The van der Waals surface area contributed by atoms with Gasteiger partial charge in [-0.3, -0.25) is 9.69 Å². The van der Waals surface area contributed by atoms with E-state index in [4.69, 9.17) is 9.72 Å². The number of aryl methyl sites for hydroxylation is 2. The Morgan fingerprint density at radius 3 is 2.36 bits per heavy atom. The van der Waals surface area contributed by atoms with Crippen molar-refractivity contribution in [3.8, 4) is 0 Å². The standard InChI is InChI=1S/C26H34N4O4S2/c1-5-28(6-2)11-12-30(26-27-23-18-19(3)17-20(4)24(23)35-26)25(31)21-7-9-22(10-8-21)36(32,33)29-13-15-34-16-14-29/h7-10,17-18H,5-6,11-16H2,1-4H3. The van der Waals surface area contributed by atoms with Crippen LogP contribution in [0, 0.1) is 13.8 Å². The number of ether oxygens (including phenoxy) is 1. The number of carbonyl (C=O) groups excluding carboxylic acids is 1. The number of sulfonamides is 1. The van der Waals surface area contributed by atoms with Gasteiger partial charge >= 0.3 is 0 Å². The number of amides is 1. The number of benzene rings is 2. The number of thiazole rings is 1. The molecule has 0 spiro atoms. The lowest BCUT2D eigenvalue weighted by Gasteiger charge is -2.26. The highest BCUT2D eigenvalue weighted by Crippen LogP contribution is 2.33. The van der Waals surface area contributed by atoms with E-state index in [-0.39, 0.29) is 10.8 Å². The number of morpholine rings is 1. The van der Waals surface area contributed by atoms with E-state index >= 15 is 0 Å². The van der Waals surface area contributed by atoms with E-state index in [0.717, 1.165) is 41.0 Å². The van der Waals surface area contributed by atoms with Crippen LogP contribution in [0.2, 0.25) is 0 Å². The Hall–Kier alpha value is -2.37. The maximum absolute atomic E-state index is 13.7. The molecule has 1 aromatic heterocycles. The number of aromatic nitrogens is 1. The Balaban J connectivity index is 1.64. The van der Waals surface area contributed by atoms with Crippen molar-refractivity contribution in [1.29, 1.82) is 0 Å². The number of hydrogen-bond acceptors (Lipinski definition) is 7. The summed E-state index contributed by atoms with van der Waals surface area (Å²) in [5, 5.41) is 0.654. The van der Waals surface area contributed by atoms with E-state index in [0.29, 0.717) is 43.5 Å². The monoisotopic (exact) mass is 530 g/mol. The van der Waals surface area contributed by atoms with Crippen LogP contribution < -0.4 is 4.90 Å². The molecule has 0 radical (unpaired) electrons. The van der Waals surface area contributed by atoms with Crippen molar-refractivity contribution in [3.63, 3.8) is 0 Å². The van der Waals surface area contributed by atoms with Crippen LogP contribution in [0.5, 0.6) is 0 Å². The lowest BCUT2D eigenvalue weighted by Crippen LogP contribution is -2.40. The van der Waals surface area contributed by atoms with Crippen LogP contribution in [0.25, 0.3) is 10.2 Å². The molecule has 2 heterocycles. The van der Waals surface area contributed by atoms with Crippen molar-refractivity contribution in [3.05, 3.63) is 53.1 Å². The van der Waals surface area contributed by atoms with Gasteiger partial charge in [0.25, 0.3) is 5.91 Å². The normalized spacial score (nSPS) is 15.0. The number of carbonyl (C=O) groups is 1. The van der Waals surface area contributed by atoms with Crippen LogP contribution >= 0.6 is 11.3 Å². The fourth-order valence-electron chi connectivity index (χ4n) is 4.41. The average Bonchev–Trinajstić information content (AvgIpc) is 3.31. The maximum Gasteiger partial charge on any atom is 0.260 e. The summed E-state index contributed by atoms with van der Waals surface area (Å²) < 4.78 is 33.7. The third-order valence-corrected chi connectivity index (χ3v) is 9.67. The van der Waals surface area contributed by atoms with E-state index in [1.54, 1.807) is 17.0 Å². The number of fused-ring (bicyclic) bond motifs is 1. The predicted octanol–water partition coefficient (Wildman–Crippen LogP) is 3.92. The summed E-state index contributed by atoms with van der Waals surface area (Å²) in [6.45, 7) is 12.8. The number of rotatable bonds is 9. The van der Waals surface area contributed by atoms with E-state index in [2.05, 4.69) is 31.7 Å². The lowest BCUT2D eigenvalue weighted by molar-refractivity contribution is 0.0730.